The molecule has 1 N–H and O–H groups in total. The summed E-state index contributed by atoms with van der Waals surface area (Å²) in [5.41, 5.74) is 2.28. The van der Waals surface area contributed by atoms with Gasteiger partial charge in [-0.3, -0.25) is 4.57 Å². The third-order valence-corrected chi connectivity index (χ3v) is 4.35. The van der Waals surface area contributed by atoms with Crippen LogP contribution in [-0.2, 0) is 0 Å². The number of hydrogen-bond acceptors (Lipinski definition) is 3. The molecule has 0 amide bonds. The Kier molecular flexibility index (Phi) is 2.89. The van der Waals surface area contributed by atoms with Crippen molar-refractivity contribution in [3.8, 4) is 5.88 Å². The topological polar surface area (TPSA) is 42.8 Å². The monoisotopic (exact) mass is 277 g/mol. The quantitative estimate of drug-likeness (QED) is 0.848. The van der Waals surface area contributed by atoms with E-state index in [4.69, 9.17) is 17.0 Å². The van der Waals surface area contributed by atoms with Crippen molar-refractivity contribution in [2.45, 2.75) is 39.2 Å². The van der Waals surface area contributed by atoms with Crippen LogP contribution in [0.25, 0.3) is 11.2 Å². The number of H-pyrrole nitrogens is 1. The molecule has 1 unspecified atom stereocenters. The van der Waals surface area contributed by atoms with Crippen LogP contribution >= 0.6 is 12.2 Å². The summed E-state index contributed by atoms with van der Waals surface area (Å²) in [6, 6.07) is 4.28. The second kappa shape index (κ2) is 4.34. The Balaban J connectivity index is 2.12. The Hall–Kier alpha value is -1.36. The summed E-state index contributed by atoms with van der Waals surface area (Å²) in [5.74, 6) is 0.632. The minimum absolute atomic E-state index is 0.391. The average molecular weight is 277 g/mol. The maximum absolute atomic E-state index is 5.47. The molecule has 3 rings (SSSR count). The van der Waals surface area contributed by atoms with Crippen molar-refractivity contribution < 1.29 is 4.74 Å². The number of ether oxygens (including phenoxy) is 1. The Bertz CT molecular complexity index is 671. The van der Waals surface area contributed by atoms with Crippen molar-refractivity contribution >= 4 is 23.4 Å². The Morgan fingerprint density at radius 1 is 1.47 bits per heavy atom. The van der Waals surface area contributed by atoms with Crippen LogP contribution in [0, 0.1) is 10.2 Å². The summed E-state index contributed by atoms with van der Waals surface area (Å²) < 4.78 is 8.15. The van der Waals surface area contributed by atoms with Crippen molar-refractivity contribution in [1.29, 1.82) is 0 Å². The van der Waals surface area contributed by atoms with Gasteiger partial charge < -0.3 is 9.72 Å². The summed E-state index contributed by atoms with van der Waals surface area (Å²) in [6.07, 6.45) is 3.54. The Morgan fingerprint density at radius 2 is 2.26 bits per heavy atom. The maximum atomic E-state index is 5.47. The van der Waals surface area contributed by atoms with E-state index in [0.717, 1.165) is 28.8 Å². The molecule has 0 spiro atoms. The number of methoxy groups -OCH3 is 1. The lowest BCUT2D eigenvalue weighted by Crippen LogP contribution is -2.10. The first-order valence-corrected chi connectivity index (χ1v) is 7.06. The lowest BCUT2D eigenvalue weighted by Gasteiger charge is -2.18. The van der Waals surface area contributed by atoms with Gasteiger partial charge in [0.1, 0.15) is 0 Å². The molecule has 19 heavy (non-hydrogen) atoms. The van der Waals surface area contributed by atoms with Crippen LogP contribution in [0.15, 0.2) is 12.1 Å². The predicted octanol–water partition coefficient (Wildman–Crippen LogP) is 3.85. The molecule has 2 aromatic rings. The number of rotatable bonds is 2. The Morgan fingerprint density at radius 3 is 2.89 bits per heavy atom. The zero-order valence-electron chi connectivity index (χ0n) is 11.6. The van der Waals surface area contributed by atoms with Crippen molar-refractivity contribution in [3.63, 3.8) is 0 Å². The highest BCUT2D eigenvalue weighted by molar-refractivity contribution is 7.71. The molecule has 0 saturated heterocycles. The highest BCUT2D eigenvalue weighted by atomic mass is 32.1. The van der Waals surface area contributed by atoms with Gasteiger partial charge >= 0.3 is 0 Å². The molecule has 2 aromatic heterocycles. The van der Waals surface area contributed by atoms with E-state index in [1.807, 2.05) is 12.1 Å². The van der Waals surface area contributed by atoms with Crippen molar-refractivity contribution in [2.75, 3.05) is 7.11 Å². The molecule has 0 aliphatic heterocycles. The number of aromatic nitrogens is 3. The molecule has 4 nitrogen and oxygen atoms in total. The van der Waals surface area contributed by atoms with Crippen LogP contribution in [0.3, 0.4) is 0 Å². The molecule has 5 heteroatoms. The fourth-order valence-electron chi connectivity index (χ4n) is 3.06. The third kappa shape index (κ3) is 2.16. The van der Waals surface area contributed by atoms with Gasteiger partial charge in [0.05, 0.1) is 12.6 Å². The summed E-state index contributed by atoms with van der Waals surface area (Å²) >= 11 is 5.47. The SMILES string of the molecule is COc1ccc2[nH]c(=S)n(C3CCC(C)(C)C3)c2n1. The summed E-state index contributed by atoms with van der Waals surface area (Å²) in [4.78, 5) is 7.79. The van der Waals surface area contributed by atoms with E-state index in [0.29, 0.717) is 17.3 Å². The molecule has 0 bridgehead atoms. The molecule has 0 aromatic carbocycles. The minimum atomic E-state index is 0.391. The lowest BCUT2D eigenvalue weighted by atomic mass is 9.92. The van der Waals surface area contributed by atoms with E-state index in [2.05, 4.69) is 28.4 Å². The standard InChI is InChI=1S/C14H19N3OS/c1-14(2)7-6-9(8-14)17-12-10(15-13(17)19)4-5-11(16-12)18-3/h4-5,9H,6-8H2,1-3H3,(H,15,19). The van der Waals surface area contributed by atoms with Crippen LogP contribution in [0.2, 0.25) is 0 Å². The first-order chi connectivity index (χ1) is 9.00. The Labute approximate surface area is 117 Å². The molecular formula is C14H19N3OS. The summed E-state index contributed by atoms with van der Waals surface area (Å²) in [7, 11) is 1.64. The number of nitrogens with one attached hydrogen (secondary N) is 1. The number of hydrogen-bond donors (Lipinski definition) is 1. The fraction of sp³-hybridized carbons (Fsp3) is 0.571. The zero-order chi connectivity index (χ0) is 13.6. The van der Waals surface area contributed by atoms with Gasteiger partial charge in [0, 0.05) is 12.1 Å². The van der Waals surface area contributed by atoms with E-state index in [1.54, 1.807) is 7.11 Å². The van der Waals surface area contributed by atoms with E-state index in [1.165, 1.54) is 6.42 Å². The lowest BCUT2D eigenvalue weighted by molar-refractivity contribution is 0.359. The smallest absolute Gasteiger partial charge is 0.215 e. The molecule has 1 saturated carbocycles. The largest absolute Gasteiger partial charge is 0.481 e. The van der Waals surface area contributed by atoms with E-state index in [-0.39, 0.29) is 0 Å². The van der Waals surface area contributed by atoms with Crippen LogP contribution in [0.4, 0.5) is 0 Å². The van der Waals surface area contributed by atoms with Crippen LogP contribution in [0.5, 0.6) is 5.88 Å². The third-order valence-electron chi connectivity index (χ3n) is 4.05. The first-order valence-electron chi connectivity index (χ1n) is 6.65. The van der Waals surface area contributed by atoms with E-state index < -0.39 is 0 Å². The molecule has 1 atom stereocenters. The molecule has 102 valence electrons. The molecule has 1 aliphatic rings. The predicted molar refractivity (Wildman–Crippen MR) is 78.1 cm³/mol. The highest BCUT2D eigenvalue weighted by Crippen LogP contribution is 2.44. The van der Waals surface area contributed by atoms with E-state index >= 15 is 0 Å². The van der Waals surface area contributed by atoms with Gasteiger partial charge in [0.25, 0.3) is 0 Å². The highest BCUT2D eigenvalue weighted by Gasteiger charge is 2.33. The van der Waals surface area contributed by atoms with Gasteiger partial charge in [-0.15, -0.1) is 0 Å². The van der Waals surface area contributed by atoms with Gasteiger partial charge in [0.15, 0.2) is 10.4 Å². The molecular weight excluding hydrogens is 258 g/mol. The van der Waals surface area contributed by atoms with Gasteiger partial charge in [0.2, 0.25) is 5.88 Å². The fourth-order valence-corrected chi connectivity index (χ4v) is 3.40. The average Bonchev–Trinajstić information content (AvgIpc) is 2.87. The summed E-state index contributed by atoms with van der Waals surface area (Å²) in [6.45, 7) is 4.64. The number of aromatic amines is 1. The number of nitrogens with zero attached hydrogens (tertiary/aromatic N) is 2. The molecule has 2 heterocycles. The maximum Gasteiger partial charge on any atom is 0.215 e. The van der Waals surface area contributed by atoms with Gasteiger partial charge in [-0.1, -0.05) is 13.8 Å². The zero-order valence-corrected chi connectivity index (χ0v) is 12.4. The number of imidazole rings is 1. The van der Waals surface area contributed by atoms with Gasteiger partial charge in [-0.05, 0) is 43.0 Å². The van der Waals surface area contributed by atoms with Crippen LogP contribution < -0.4 is 4.74 Å². The second-order valence-electron chi connectivity index (χ2n) is 6.09. The van der Waals surface area contributed by atoms with Crippen LogP contribution in [-0.4, -0.2) is 21.6 Å². The normalized spacial score (nSPS) is 21.9. The van der Waals surface area contributed by atoms with Gasteiger partial charge in [-0.2, -0.15) is 4.98 Å². The first kappa shape index (κ1) is 12.7. The molecule has 1 fully saturated rings. The molecule has 1 aliphatic carbocycles. The van der Waals surface area contributed by atoms with Crippen molar-refractivity contribution in [2.24, 2.45) is 5.41 Å². The van der Waals surface area contributed by atoms with Crippen LogP contribution in [0.1, 0.15) is 39.2 Å². The molecule has 0 radical (unpaired) electrons. The number of pyridine rings is 1. The summed E-state index contributed by atoms with van der Waals surface area (Å²) in [5, 5.41) is 0. The van der Waals surface area contributed by atoms with Crippen molar-refractivity contribution in [3.05, 3.63) is 16.9 Å². The van der Waals surface area contributed by atoms with Crippen molar-refractivity contribution in [1.82, 2.24) is 14.5 Å². The van der Waals surface area contributed by atoms with E-state index in [9.17, 15) is 0 Å². The minimum Gasteiger partial charge on any atom is -0.481 e. The number of fused-ring (bicyclic) bond motifs is 1. The second-order valence-corrected chi connectivity index (χ2v) is 6.47. The van der Waals surface area contributed by atoms with Gasteiger partial charge in [-0.25, -0.2) is 0 Å².